The number of aromatic nitrogens is 3. The molecule has 0 bridgehead atoms. The molecule has 1 aliphatic rings. The third-order valence-corrected chi connectivity index (χ3v) is 6.10. The zero-order valence-corrected chi connectivity index (χ0v) is 18.3. The molecule has 0 fully saturated rings. The molecule has 0 amide bonds. The molecule has 162 valence electrons. The first-order valence-corrected chi connectivity index (χ1v) is 10.8. The standard InChI is InChI=1S/C26H19N3O3S/c30-25(31)22-11-5-8-18(27-22)14-29-15-21(24(33)28-26(29)32)23-19-9-3-1-6-16(19)12-13-17-7-2-4-10-20(17)23/h1-13,15,23H,14H2,(H,30,31)(H,28,32,33). The maximum atomic E-state index is 12.7. The van der Waals surface area contributed by atoms with E-state index < -0.39 is 5.97 Å². The van der Waals surface area contributed by atoms with Gasteiger partial charge in [0.2, 0.25) is 0 Å². The first-order valence-electron chi connectivity index (χ1n) is 10.4. The van der Waals surface area contributed by atoms with Crippen molar-refractivity contribution in [1.29, 1.82) is 0 Å². The van der Waals surface area contributed by atoms with Gasteiger partial charge in [0.05, 0.1) is 12.2 Å². The lowest BCUT2D eigenvalue weighted by Crippen LogP contribution is -2.26. The second kappa shape index (κ2) is 8.44. The minimum absolute atomic E-state index is 0.0673. The number of H-pyrrole nitrogens is 1. The number of aromatic carboxylic acids is 1. The maximum absolute atomic E-state index is 12.7. The van der Waals surface area contributed by atoms with Crippen molar-refractivity contribution in [3.63, 3.8) is 0 Å². The molecule has 0 atom stereocenters. The average Bonchev–Trinajstić information content (AvgIpc) is 2.98. The number of carboxylic acid groups (broad SMARTS) is 1. The number of benzene rings is 2. The lowest BCUT2D eigenvalue weighted by molar-refractivity contribution is 0.0690. The molecule has 2 heterocycles. The van der Waals surface area contributed by atoms with Crippen LogP contribution in [0.4, 0.5) is 0 Å². The van der Waals surface area contributed by atoms with Gasteiger partial charge in [0.1, 0.15) is 10.3 Å². The maximum Gasteiger partial charge on any atom is 0.354 e. The minimum atomic E-state index is -1.11. The Balaban J connectivity index is 1.67. The first-order chi connectivity index (χ1) is 16.0. The molecule has 0 spiro atoms. The number of hydrogen-bond acceptors (Lipinski definition) is 4. The quantitative estimate of drug-likeness (QED) is 0.385. The van der Waals surface area contributed by atoms with Crippen molar-refractivity contribution >= 4 is 30.3 Å². The molecule has 0 aliphatic heterocycles. The fraction of sp³-hybridized carbons (Fsp3) is 0.0769. The van der Waals surface area contributed by atoms with Crippen LogP contribution in [0.3, 0.4) is 0 Å². The predicted molar refractivity (Wildman–Crippen MR) is 129 cm³/mol. The zero-order chi connectivity index (χ0) is 22.9. The number of carboxylic acids is 1. The van der Waals surface area contributed by atoms with E-state index in [4.69, 9.17) is 12.2 Å². The van der Waals surface area contributed by atoms with Gasteiger partial charge in [0.15, 0.2) is 0 Å². The minimum Gasteiger partial charge on any atom is -0.477 e. The number of pyridine rings is 1. The summed E-state index contributed by atoms with van der Waals surface area (Å²) in [6.07, 6.45) is 5.95. The molecular weight excluding hydrogens is 434 g/mol. The Kier molecular flexibility index (Phi) is 5.32. The molecule has 2 aromatic heterocycles. The van der Waals surface area contributed by atoms with Crippen molar-refractivity contribution in [1.82, 2.24) is 14.5 Å². The highest BCUT2D eigenvalue weighted by Gasteiger charge is 2.25. The summed E-state index contributed by atoms with van der Waals surface area (Å²) in [7, 11) is 0. The predicted octanol–water partition coefficient (Wildman–Crippen LogP) is 4.71. The molecule has 6 nitrogen and oxygen atoms in total. The fourth-order valence-electron chi connectivity index (χ4n) is 4.24. The molecule has 5 rings (SSSR count). The van der Waals surface area contributed by atoms with Gasteiger partial charge in [-0.2, -0.15) is 0 Å². The molecule has 0 unspecified atom stereocenters. The van der Waals surface area contributed by atoms with E-state index in [1.54, 1.807) is 18.3 Å². The lowest BCUT2D eigenvalue weighted by atomic mass is 9.83. The van der Waals surface area contributed by atoms with Crippen LogP contribution in [0.25, 0.3) is 12.2 Å². The van der Waals surface area contributed by atoms with Crippen LogP contribution in [0.5, 0.6) is 0 Å². The Morgan fingerprint density at radius 2 is 1.58 bits per heavy atom. The topological polar surface area (TPSA) is 88.0 Å². The number of fused-ring (bicyclic) bond motifs is 2. The van der Waals surface area contributed by atoms with E-state index in [0.717, 1.165) is 27.8 Å². The van der Waals surface area contributed by atoms with E-state index in [1.807, 2.05) is 24.3 Å². The second-order valence-electron chi connectivity index (χ2n) is 7.82. The van der Waals surface area contributed by atoms with E-state index in [0.29, 0.717) is 10.3 Å². The van der Waals surface area contributed by atoms with Gasteiger partial charge in [-0.3, -0.25) is 9.55 Å². The molecule has 0 saturated carbocycles. The number of hydrogen-bond donors (Lipinski definition) is 2. The summed E-state index contributed by atoms with van der Waals surface area (Å²) in [6.45, 7) is 0.118. The van der Waals surface area contributed by atoms with Gasteiger partial charge in [-0.15, -0.1) is 0 Å². The van der Waals surface area contributed by atoms with Crippen LogP contribution in [0.1, 0.15) is 49.9 Å². The molecule has 33 heavy (non-hydrogen) atoms. The van der Waals surface area contributed by atoms with E-state index in [2.05, 4.69) is 46.4 Å². The molecule has 2 N–H and O–H groups in total. The summed E-state index contributed by atoms with van der Waals surface area (Å²) in [5.41, 5.74) is 5.17. The second-order valence-corrected chi connectivity index (χ2v) is 8.22. The smallest absolute Gasteiger partial charge is 0.354 e. The van der Waals surface area contributed by atoms with Gasteiger partial charge in [-0.1, -0.05) is 79.0 Å². The molecule has 0 saturated heterocycles. The third-order valence-electron chi connectivity index (χ3n) is 5.76. The van der Waals surface area contributed by atoms with Gasteiger partial charge in [-0.05, 0) is 34.4 Å². The number of rotatable bonds is 4. The van der Waals surface area contributed by atoms with Crippen molar-refractivity contribution in [3.05, 3.63) is 127 Å². The Bertz CT molecular complexity index is 1480. The number of carbonyl (C=O) groups is 1. The number of nitrogens with one attached hydrogen (secondary N) is 1. The highest BCUT2D eigenvalue weighted by Crippen LogP contribution is 2.39. The molecule has 0 radical (unpaired) electrons. The molecule has 1 aliphatic carbocycles. The van der Waals surface area contributed by atoms with Crippen molar-refractivity contribution in [3.8, 4) is 0 Å². The van der Waals surface area contributed by atoms with Crippen LogP contribution in [0.2, 0.25) is 0 Å². The Hall–Kier alpha value is -4.10. The largest absolute Gasteiger partial charge is 0.477 e. The highest BCUT2D eigenvalue weighted by molar-refractivity contribution is 7.71. The van der Waals surface area contributed by atoms with E-state index in [1.165, 1.54) is 10.6 Å². The molecule has 7 heteroatoms. The van der Waals surface area contributed by atoms with Crippen LogP contribution in [0.15, 0.2) is 77.7 Å². The van der Waals surface area contributed by atoms with Crippen LogP contribution in [0, 0.1) is 4.64 Å². The highest BCUT2D eigenvalue weighted by atomic mass is 32.1. The monoisotopic (exact) mass is 453 g/mol. The van der Waals surface area contributed by atoms with Gasteiger partial charge in [0.25, 0.3) is 0 Å². The van der Waals surface area contributed by atoms with Crippen molar-refractivity contribution in [2.75, 3.05) is 0 Å². The number of nitrogens with zero attached hydrogens (tertiary/aromatic N) is 2. The van der Waals surface area contributed by atoms with E-state index in [-0.39, 0.29) is 23.8 Å². The van der Waals surface area contributed by atoms with Crippen molar-refractivity contribution in [2.45, 2.75) is 12.5 Å². The number of aromatic amines is 1. The van der Waals surface area contributed by atoms with Gasteiger partial charge in [-0.25, -0.2) is 14.6 Å². The summed E-state index contributed by atoms with van der Waals surface area (Å²) >= 11 is 5.62. The third kappa shape index (κ3) is 3.94. The normalized spacial score (nSPS) is 12.6. The average molecular weight is 454 g/mol. The fourth-order valence-corrected chi connectivity index (χ4v) is 4.50. The van der Waals surface area contributed by atoms with Crippen LogP contribution >= 0.6 is 12.2 Å². The van der Waals surface area contributed by atoms with Gasteiger partial charge >= 0.3 is 11.7 Å². The van der Waals surface area contributed by atoms with E-state index >= 15 is 0 Å². The summed E-state index contributed by atoms with van der Waals surface area (Å²) in [5, 5.41) is 9.24. The molecule has 4 aromatic rings. The van der Waals surface area contributed by atoms with Crippen molar-refractivity contribution < 1.29 is 9.90 Å². The Labute approximate surface area is 194 Å². The van der Waals surface area contributed by atoms with Gasteiger partial charge in [0, 0.05) is 17.7 Å². The van der Waals surface area contributed by atoms with Gasteiger partial charge < -0.3 is 5.11 Å². The summed E-state index contributed by atoms with van der Waals surface area (Å²) in [5.74, 6) is -1.29. The zero-order valence-electron chi connectivity index (χ0n) is 17.4. The first kappa shape index (κ1) is 20.8. The van der Waals surface area contributed by atoms with Crippen LogP contribution in [-0.4, -0.2) is 25.6 Å². The Morgan fingerprint density at radius 3 is 2.21 bits per heavy atom. The summed E-state index contributed by atoms with van der Waals surface area (Å²) in [4.78, 5) is 31.0. The SMILES string of the molecule is O=C(O)c1cccc(Cn2cc(C3c4ccccc4C=Cc4ccccc43)c(=S)[nH]c2=O)n1. The van der Waals surface area contributed by atoms with Crippen molar-refractivity contribution in [2.24, 2.45) is 0 Å². The van der Waals surface area contributed by atoms with Crippen LogP contribution in [-0.2, 0) is 6.54 Å². The summed E-state index contributed by atoms with van der Waals surface area (Å²) in [6, 6.07) is 21.0. The van der Waals surface area contributed by atoms with Crippen LogP contribution < -0.4 is 5.69 Å². The molecular formula is C26H19N3O3S. The molecule has 2 aromatic carbocycles. The lowest BCUT2D eigenvalue weighted by Gasteiger charge is -2.22. The van der Waals surface area contributed by atoms with E-state index in [9.17, 15) is 14.7 Å². The Morgan fingerprint density at radius 1 is 0.939 bits per heavy atom. The summed E-state index contributed by atoms with van der Waals surface area (Å²) < 4.78 is 1.86.